The Kier molecular flexibility index (Phi) is 5.57. The van der Waals surface area contributed by atoms with Crippen molar-refractivity contribution in [1.82, 2.24) is 4.98 Å². The first-order valence-corrected chi connectivity index (χ1v) is 10.2. The molecule has 0 bridgehead atoms. The minimum absolute atomic E-state index is 0.00425. The van der Waals surface area contributed by atoms with Gasteiger partial charge in [-0.05, 0) is 44.0 Å². The summed E-state index contributed by atoms with van der Waals surface area (Å²) in [5, 5.41) is 3.84. The zero-order valence-electron chi connectivity index (χ0n) is 15.3. The monoisotopic (exact) mass is 368 g/mol. The highest BCUT2D eigenvalue weighted by atomic mass is 32.2. The number of aromatic amines is 1. The second kappa shape index (κ2) is 7.87. The molecule has 1 aliphatic carbocycles. The summed E-state index contributed by atoms with van der Waals surface area (Å²) >= 11 is 0. The summed E-state index contributed by atoms with van der Waals surface area (Å²) in [5.41, 5.74) is 1.97. The van der Waals surface area contributed by atoms with Crippen LogP contribution in [0.5, 0.6) is 0 Å². The molecule has 5 heteroatoms. The number of aromatic nitrogens is 1. The van der Waals surface area contributed by atoms with Gasteiger partial charge in [-0.2, -0.15) is 0 Å². The van der Waals surface area contributed by atoms with E-state index in [0.717, 1.165) is 34.2 Å². The van der Waals surface area contributed by atoms with Gasteiger partial charge in [-0.1, -0.05) is 43.7 Å². The van der Waals surface area contributed by atoms with E-state index in [9.17, 15) is 9.00 Å². The molecule has 1 heterocycles. The number of anilines is 1. The van der Waals surface area contributed by atoms with Gasteiger partial charge in [0.05, 0.1) is 15.7 Å². The van der Waals surface area contributed by atoms with Crippen molar-refractivity contribution in [1.29, 1.82) is 0 Å². The maximum atomic E-state index is 13.2. The van der Waals surface area contributed by atoms with Crippen molar-refractivity contribution in [3.63, 3.8) is 0 Å². The molecular formula is C21H24N2O2S. The van der Waals surface area contributed by atoms with E-state index in [0.29, 0.717) is 10.7 Å². The van der Waals surface area contributed by atoms with Gasteiger partial charge in [0, 0.05) is 21.7 Å². The van der Waals surface area contributed by atoms with Gasteiger partial charge >= 0.3 is 0 Å². The second-order valence-electron chi connectivity index (χ2n) is 6.22. The highest BCUT2D eigenvalue weighted by Crippen LogP contribution is 2.35. The SMILES string of the molecule is CC.Cc1ccc2[nH]c(NC(=O)C3CC3)c(S(=O)c3ccccc3)c2c1. The van der Waals surface area contributed by atoms with E-state index in [-0.39, 0.29) is 11.8 Å². The van der Waals surface area contributed by atoms with Gasteiger partial charge in [0.15, 0.2) is 0 Å². The first-order valence-electron chi connectivity index (χ1n) is 9.03. The number of H-pyrrole nitrogens is 1. The zero-order valence-corrected chi connectivity index (χ0v) is 16.2. The van der Waals surface area contributed by atoms with Crippen LogP contribution in [0.1, 0.15) is 32.3 Å². The molecule has 26 heavy (non-hydrogen) atoms. The van der Waals surface area contributed by atoms with Crippen LogP contribution < -0.4 is 5.32 Å². The number of benzene rings is 2. The Bertz CT molecular complexity index is 943. The molecule has 1 amide bonds. The van der Waals surface area contributed by atoms with E-state index in [1.165, 1.54) is 0 Å². The molecule has 1 atom stereocenters. The Hall–Kier alpha value is -2.40. The normalized spacial score (nSPS) is 14.4. The molecule has 1 unspecified atom stereocenters. The number of carbonyl (C=O) groups excluding carboxylic acids is 1. The van der Waals surface area contributed by atoms with E-state index < -0.39 is 10.8 Å². The molecule has 2 aromatic carbocycles. The highest BCUT2D eigenvalue weighted by Gasteiger charge is 2.31. The van der Waals surface area contributed by atoms with Crippen molar-refractivity contribution in [2.45, 2.75) is 43.4 Å². The topological polar surface area (TPSA) is 62.0 Å². The van der Waals surface area contributed by atoms with Crippen molar-refractivity contribution in [3.05, 3.63) is 54.1 Å². The van der Waals surface area contributed by atoms with E-state index in [2.05, 4.69) is 10.3 Å². The Labute approximate surface area is 156 Å². The average molecular weight is 369 g/mol. The van der Waals surface area contributed by atoms with Crippen LogP contribution >= 0.6 is 0 Å². The quantitative estimate of drug-likeness (QED) is 0.679. The van der Waals surface area contributed by atoms with Crippen molar-refractivity contribution in [2.24, 2.45) is 5.92 Å². The molecule has 2 N–H and O–H groups in total. The van der Waals surface area contributed by atoms with Crippen molar-refractivity contribution in [2.75, 3.05) is 5.32 Å². The zero-order chi connectivity index (χ0) is 18.7. The molecule has 1 fully saturated rings. The van der Waals surface area contributed by atoms with Crippen LogP contribution in [0.2, 0.25) is 0 Å². The number of hydrogen-bond acceptors (Lipinski definition) is 2. The number of hydrogen-bond donors (Lipinski definition) is 2. The molecule has 4 nitrogen and oxygen atoms in total. The molecule has 0 aliphatic heterocycles. The Balaban J connectivity index is 0.000000948. The van der Waals surface area contributed by atoms with Gasteiger partial charge in [0.2, 0.25) is 5.91 Å². The number of aryl methyl sites for hydroxylation is 1. The van der Waals surface area contributed by atoms with Gasteiger partial charge in [0.1, 0.15) is 5.82 Å². The van der Waals surface area contributed by atoms with Crippen LogP contribution in [-0.4, -0.2) is 15.1 Å². The molecule has 136 valence electrons. The summed E-state index contributed by atoms with van der Waals surface area (Å²) in [6, 6.07) is 15.3. The van der Waals surface area contributed by atoms with Crippen LogP contribution in [0.25, 0.3) is 10.9 Å². The molecule has 0 spiro atoms. The number of carbonyl (C=O) groups is 1. The summed E-state index contributed by atoms with van der Waals surface area (Å²) in [6.45, 7) is 6.00. The van der Waals surface area contributed by atoms with E-state index in [4.69, 9.17) is 0 Å². The number of nitrogens with one attached hydrogen (secondary N) is 2. The lowest BCUT2D eigenvalue weighted by atomic mass is 10.2. The summed E-state index contributed by atoms with van der Waals surface area (Å²) in [4.78, 5) is 16.8. The van der Waals surface area contributed by atoms with Crippen LogP contribution in [0.15, 0.2) is 58.3 Å². The number of fused-ring (bicyclic) bond motifs is 1. The van der Waals surface area contributed by atoms with E-state index in [1.807, 2.05) is 69.3 Å². The van der Waals surface area contributed by atoms with Gasteiger partial charge in [-0.15, -0.1) is 0 Å². The van der Waals surface area contributed by atoms with E-state index >= 15 is 0 Å². The van der Waals surface area contributed by atoms with Crippen LogP contribution in [0.4, 0.5) is 5.82 Å². The predicted octanol–water partition coefficient (Wildman–Crippen LogP) is 5.02. The molecule has 3 aromatic rings. The highest BCUT2D eigenvalue weighted by molar-refractivity contribution is 7.85. The fourth-order valence-electron chi connectivity index (χ4n) is 2.79. The maximum Gasteiger partial charge on any atom is 0.228 e. The van der Waals surface area contributed by atoms with E-state index in [1.54, 1.807) is 0 Å². The first kappa shape index (κ1) is 18.4. The Morgan fingerprint density at radius 2 is 1.81 bits per heavy atom. The minimum Gasteiger partial charge on any atom is -0.340 e. The third-order valence-electron chi connectivity index (χ3n) is 4.25. The molecule has 0 saturated heterocycles. The summed E-state index contributed by atoms with van der Waals surface area (Å²) in [6.07, 6.45) is 1.87. The predicted molar refractivity (Wildman–Crippen MR) is 107 cm³/mol. The Morgan fingerprint density at radius 3 is 2.46 bits per heavy atom. The molecule has 1 aliphatic rings. The molecular weight excluding hydrogens is 344 g/mol. The smallest absolute Gasteiger partial charge is 0.228 e. The molecule has 1 saturated carbocycles. The van der Waals surface area contributed by atoms with Crippen LogP contribution in [0, 0.1) is 12.8 Å². The number of rotatable bonds is 4. The largest absolute Gasteiger partial charge is 0.340 e. The van der Waals surface area contributed by atoms with Gasteiger partial charge in [-0.3, -0.25) is 4.79 Å². The minimum atomic E-state index is -1.37. The molecule has 0 radical (unpaired) electrons. The third-order valence-corrected chi connectivity index (χ3v) is 5.74. The lowest BCUT2D eigenvalue weighted by Crippen LogP contribution is -2.15. The van der Waals surface area contributed by atoms with Crippen molar-refractivity contribution >= 4 is 33.4 Å². The number of amides is 1. The van der Waals surface area contributed by atoms with Gasteiger partial charge in [0.25, 0.3) is 0 Å². The first-order chi connectivity index (χ1) is 12.6. The maximum absolute atomic E-state index is 13.2. The van der Waals surface area contributed by atoms with Crippen LogP contribution in [-0.2, 0) is 15.6 Å². The third kappa shape index (κ3) is 3.73. The fraction of sp³-hybridized carbons (Fsp3) is 0.286. The van der Waals surface area contributed by atoms with Gasteiger partial charge in [-0.25, -0.2) is 4.21 Å². The summed E-state index contributed by atoms with van der Waals surface area (Å²) < 4.78 is 13.2. The summed E-state index contributed by atoms with van der Waals surface area (Å²) in [7, 11) is -1.37. The second-order valence-corrected chi connectivity index (χ2v) is 7.64. The summed E-state index contributed by atoms with van der Waals surface area (Å²) in [5.74, 6) is 0.649. The molecule has 4 rings (SSSR count). The lowest BCUT2D eigenvalue weighted by molar-refractivity contribution is -0.117. The van der Waals surface area contributed by atoms with Crippen LogP contribution in [0.3, 0.4) is 0 Å². The standard InChI is InChI=1S/C19H18N2O2S.C2H6/c1-12-7-10-16-15(11-12)17(24(23)14-5-3-2-4-6-14)18(20-16)21-19(22)13-8-9-13;1-2/h2-7,10-11,13,20H,8-9H2,1H3,(H,21,22);1-2H3. The van der Waals surface area contributed by atoms with Crippen molar-refractivity contribution < 1.29 is 9.00 Å². The van der Waals surface area contributed by atoms with Crippen molar-refractivity contribution in [3.8, 4) is 0 Å². The fourth-order valence-corrected chi connectivity index (χ4v) is 4.09. The lowest BCUT2D eigenvalue weighted by Gasteiger charge is -2.07. The average Bonchev–Trinajstić information content (AvgIpc) is 3.46. The Morgan fingerprint density at radius 1 is 1.12 bits per heavy atom. The van der Waals surface area contributed by atoms with Gasteiger partial charge < -0.3 is 10.3 Å². The molecule has 1 aromatic heterocycles.